The number of halogens is 1. The van der Waals surface area contributed by atoms with Crippen molar-refractivity contribution in [2.75, 3.05) is 5.32 Å². The Balaban J connectivity index is 2.01. The molecule has 0 radical (unpaired) electrons. The number of nitrogens with one attached hydrogen (secondary N) is 3. The van der Waals surface area contributed by atoms with E-state index in [9.17, 15) is 9.59 Å². The fourth-order valence-corrected chi connectivity index (χ4v) is 2.56. The molecule has 26 heavy (non-hydrogen) atoms. The van der Waals surface area contributed by atoms with Gasteiger partial charge in [-0.1, -0.05) is 36.7 Å². The molecule has 0 fully saturated rings. The second kappa shape index (κ2) is 9.31. The summed E-state index contributed by atoms with van der Waals surface area (Å²) in [6.45, 7) is 3.95. The molecule has 0 heterocycles. The van der Waals surface area contributed by atoms with E-state index in [1.54, 1.807) is 48.5 Å². The van der Waals surface area contributed by atoms with E-state index < -0.39 is 5.91 Å². The molecule has 0 aliphatic rings. The van der Waals surface area contributed by atoms with Gasteiger partial charge in [-0.05, 0) is 55.9 Å². The van der Waals surface area contributed by atoms with Crippen molar-refractivity contribution < 1.29 is 9.59 Å². The summed E-state index contributed by atoms with van der Waals surface area (Å²) in [7, 11) is 0. The maximum Gasteiger partial charge on any atom is 0.258 e. The van der Waals surface area contributed by atoms with Gasteiger partial charge in [0.15, 0.2) is 5.11 Å². The number of hydrogen-bond acceptors (Lipinski definition) is 3. The van der Waals surface area contributed by atoms with Crippen LogP contribution in [0, 0.1) is 0 Å². The molecule has 0 saturated heterocycles. The Morgan fingerprint density at radius 1 is 1.12 bits per heavy atom. The number of carbonyl (C=O) groups is 2. The lowest BCUT2D eigenvalue weighted by atomic mass is 10.1. The molecular formula is C19H20ClN3O2S. The number of anilines is 1. The molecule has 5 nitrogen and oxygen atoms in total. The van der Waals surface area contributed by atoms with Crippen LogP contribution in [0.25, 0.3) is 0 Å². The van der Waals surface area contributed by atoms with E-state index in [-0.39, 0.29) is 17.1 Å². The summed E-state index contributed by atoms with van der Waals surface area (Å²) in [5.74, 6) is -0.562. The van der Waals surface area contributed by atoms with Crippen molar-refractivity contribution in [1.82, 2.24) is 10.6 Å². The fourth-order valence-electron chi connectivity index (χ4n) is 2.13. The highest BCUT2D eigenvalue weighted by molar-refractivity contribution is 7.80. The molecule has 2 aromatic rings. The van der Waals surface area contributed by atoms with Crippen LogP contribution in [0.5, 0.6) is 0 Å². The number of carbonyl (C=O) groups excluding carboxylic acids is 2. The molecule has 1 atom stereocenters. The van der Waals surface area contributed by atoms with E-state index in [1.807, 2.05) is 13.8 Å². The number of thiocarbonyl (C=S) groups is 1. The standard InChI is InChI=1S/C19H20ClN3O2S/c1-3-12(2)21-17(24)13-7-6-8-14(11-13)22-19(26)23-18(25)15-9-4-5-10-16(15)20/h4-12H,3H2,1-2H3,(H,21,24)(H2,22,23,25,26). The molecule has 0 spiro atoms. The van der Waals surface area contributed by atoms with Gasteiger partial charge in [-0.25, -0.2) is 0 Å². The minimum Gasteiger partial charge on any atom is -0.350 e. The van der Waals surface area contributed by atoms with Crippen LogP contribution < -0.4 is 16.0 Å². The SMILES string of the molecule is CCC(C)NC(=O)c1cccc(NC(=S)NC(=O)c2ccccc2Cl)c1. The minimum absolute atomic E-state index is 0.0927. The normalized spacial score (nSPS) is 11.3. The minimum atomic E-state index is -0.404. The summed E-state index contributed by atoms with van der Waals surface area (Å²) in [6, 6.07) is 13.7. The van der Waals surface area contributed by atoms with Crippen molar-refractivity contribution >= 4 is 46.4 Å². The van der Waals surface area contributed by atoms with E-state index >= 15 is 0 Å². The summed E-state index contributed by atoms with van der Waals surface area (Å²) in [4.78, 5) is 24.4. The van der Waals surface area contributed by atoms with Crippen molar-refractivity contribution in [3.8, 4) is 0 Å². The molecule has 0 aliphatic carbocycles. The number of amides is 2. The first kappa shape index (κ1) is 19.9. The lowest BCUT2D eigenvalue weighted by Crippen LogP contribution is -2.34. The van der Waals surface area contributed by atoms with Gasteiger partial charge in [0, 0.05) is 17.3 Å². The molecule has 2 rings (SSSR count). The smallest absolute Gasteiger partial charge is 0.258 e. The molecule has 2 aromatic carbocycles. The Morgan fingerprint density at radius 2 is 1.85 bits per heavy atom. The third kappa shape index (κ3) is 5.54. The molecule has 2 amide bonds. The molecule has 136 valence electrons. The van der Waals surface area contributed by atoms with Gasteiger partial charge in [-0.15, -0.1) is 0 Å². The van der Waals surface area contributed by atoms with Crippen LogP contribution in [0.2, 0.25) is 5.02 Å². The maximum atomic E-state index is 12.2. The number of hydrogen-bond donors (Lipinski definition) is 3. The van der Waals surface area contributed by atoms with Gasteiger partial charge in [0.05, 0.1) is 10.6 Å². The van der Waals surface area contributed by atoms with Crippen LogP contribution in [-0.4, -0.2) is 23.0 Å². The zero-order chi connectivity index (χ0) is 19.1. The van der Waals surface area contributed by atoms with Gasteiger partial charge in [0.1, 0.15) is 0 Å². The third-order valence-corrected chi connectivity index (χ3v) is 4.25. The molecule has 0 aliphatic heterocycles. The Labute approximate surface area is 163 Å². The van der Waals surface area contributed by atoms with E-state index in [2.05, 4.69) is 16.0 Å². The fraction of sp³-hybridized carbons (Fsp3) is 0.211. The van der Waals surface area contributed by atoms with Gasteiger partial charge in [0.2, 0.25) is 0 Å². The molecule has 0 saturated carbocycles. The Hall–Kier alpha value is -2.44. The Bertz CT molecular complexity index is 826. The van der Waals surface area contributed by atoms with Crippen molar-refractivity contribution in [1.29, 1.82) is 0 Å². The van der Waals surface area contributed by atoms with Gasteiger partial charge < -0.3 is 10.6 Å². The Morgan fingerprint density at radius 3 is 2.54 bits per heavy atom. The first-order chi connectivity index (χ1) is 12.4. The quantitative estimate of drug-likeness (QED) is 0.676. The lowest BCUT2D eigenvalue weighted by molar-refractivity contribution is 0.0937. The highest BCUT2D eigenvalue weighted by atomic mass is 35.5. The number of rotatable bonds is 5. The summed E-state index contributed by atoms with van der Waals surface area (Å²) < 4.78 is 0. The van der Waals surface area contributed by atoms with Gasteiger partial charge in [0.25, 0.3) is 11.8 Å². The average molecular weight is 390 g/mol. The zero-order valence-corrected chi connectivity index (χ0v) is 16.1. The molecule has 7 heteroatoms. The highest BCUT2D eigenvalue weighted by Gasteiger charge is 2.12. The van der Waals surface area contributed by atoms with Crippen molar-refractivity contribution in [3.05, 3.63) is 64.7 Å². The zero-order valence-electron chi connectivity index (χ0n) is 14.5. The largest absolute Gasteiger partial charge is 0.350 e. The molecule has 0 bridgehead atoms. The van der Waals surface area contributed by atoms with Gasteiger partial charge >= 0.3 is 0 Å². The topological polar surface area (TPSA) is 70.2 Å². The van der Waals surface area contributed by atoms with Crippen LogP contribution in [0.15, 0.2) is 48.5 Å². The van der Waals surface area contributed by atoms with Crippen LogP contribution >= 0.6 is 23.8 Å². The first-order valence-electron chi connectivity index (χ1n) is 8.18. The monoisotopic (exact) mass is 389 g/mol. The van der Waals surface area contributed by atoms with Crippen molar-refractivity contribution in [2.45, 2.75) is 26.3 Å². The molecule has 1 unspecified atom stereocenters. The summed E-state index contributed by atoms with van der Waals surface area (Å²) in [5.41, 5.74) is 1.45. The van der Waals surface area contributed by atoms with Crippen molar-refractivity contribution in [3.63, 3.8) is 0 Å². The predicted molar refractivity (Wildman–Crippen MR) is 109 cm³/mol. The maximum absolute atomic E-state index is 12.2. The second-order valence-electron chi connectivity index (χ2n) is 5.75. The third-order valence-electron chi connectivity index (χ3n) is 3.72. The van der Waals surface area contributed by atoms with Crippen LogP contribution in [0.1, 0.15) is 41.0 Å². The Kier molecular flexibility index (Phi) is 7.12. The van der Waals surface area contributed by atoms with Crippen LogP contribution in [-0.2, 0) is 0 Å². The van der Waals surface area contributed by atoms with E-state index in [1.165, 1.54) is 0 Å². The highest BCUT2D eigenvalue weighted by Crippen LogP contribution is 2.15. The summed E-state index contributed by atoms with van der Waals surface area (Å²) in [5, 5.41) is 8.84. The van der Waals surface area contributed by atoms with Gasteiger partial charge in [-0.3, -0.25) is 14.9 Å². The second-order valence-corrected chi connectivity index (χ2v) is 6.57. The number of benzene rings is 2. The predicted octanol–water partition coefficient (Wildman–Crippen LogP) is 4.00. The van der Waals surface area contributed by atoms with E-state index in [0.717, 1.165) is 6.42 Å². The summed E-state index contributed by atoms with van der Waals surface area (Å²) in [6.07, 6.45) is 0.849. The molecular weight excluding hydrogens is 370 g/mol. The average Bonchev–Trinajstić information content (AvgIpc) is 2.61. The van der Waals surface area contributed by atoms with Crippen molar-refractivity contribution in [2.24, 2.45) is 0 Å². The molecule has 3 N–H and O–H groups in total. The summed E-state index contributed by atoms with van der Waals surface area (Å²) >= 11 is 11.2. The van der Waals surface area contributed by atoms with E-state index in [0.29, 0.717) is 21.8 Å². The lowest BCUT2D eigenvalue weighted by Gasteiger charge is -2.13. The van der Waals surface area contributed by atoms with Gasteiger partial charge in [-0.2, -0.15) is 0 Å². The van der Waals surface area contributed by atoms with Crippen LogP contribution in [0.3, 0.4) is 0 Å². The first-order valence-corrected chi connectivity index (χ1v) is 8.97. The van der Waals surface area contributed by atoms with Crippen LogP contribution in [0.4, 0.5) is 5.69 Å². The molecule has 0 aromatic heterocycles. The van der Waals surface area contributed by atoms with E-state index in [4.69, 9.17) is 23.8 Å².